The van der Waals surface area contributed by atoms with E-state index in [4.69, 9.17) is 39.5 Å². The summed E-state index contributed by atoms with van der Waals surface area (Å²) in [6.45, 7) is 2.48. The van der Waals surface area contributed by atoms with Gasteiger partial charge in [0.15, 0.2) is 6.10 Å². The largest absolute Gasteiger partial charge is 0.481 e. The third kappa shape index (κ3) is 6.92. The van der Waals surface area contributed by atoms with Gasteiger partial charge in [-0.2, -0.15) is 11.8 Å². The molecule has 0 saturated heterocycles. The predicted molar refractivity (Wildman–Crippen MR) is 112 cm³/mol. The number of benzene rings is 2. The van der Waals surface area contributed by atoms with Crippen LogP contribution in [0.4, 0.5) is 0 Å². The first-order chi connectivity index (χ1) is 12.5. The van der Waals surface area contributed by atoms with Crippen LogP contribution in [0.3, 0.4) is 0 Å². The number of hydrogen-bond donors (Lipinski definition) is 1. The van der Waals surface area contributed by atoms with Crippen molar-refractivity contribution in [2.45, 2.75) is 25.2 Å². The van der Waals surface area contributed by atoms with Crippen LogP contribution < -0.4 is 10.1 Å². The quantitative estimate of drug-likeness (QED) is 0.505. The van der Waals surface area contributed by atoms with Crippen LogP contribution in [0, 0.1) is 0 Å². The lowest BCUT2D eigenvalue weighted by atomic mass is 10.2. The number of amides is 1. The maximum absolute atomic E-state index is 12.3. The summed E-state index contributed by atoms with van der Waals surface area (Å²) >= 11 is 19.6. The highest BCUT2D eigenvalue weighted by molar-refractivity contribution is 7.98. The van der Waals surface area contributed by atoms with Crippen molar-refractivity contribution in [3.05, 3.63) is 63.1 Å². The number of rotatable bonds is 9. The molecule has 140 valence electrons. The SMILES string of the molecule is CC[C@@H](Oc1cccc(Cl)c1)C(=O)NCCSCc1ccc(Cl)c(Cl)c1. The summed E-state index contributed by atoms with van der Waals surface area (Å²) in [6, 6.07) is 12.6. The molecule has 0 fully saturated rings. The van der Waals surface area contributed by atoms with Gasteiger partial charge in [0.2, 0.25) is 0 Å². The van der Waals surface area contributed by atoms with Crippen molar-refractivity contribution >= 4 is 52.5 Å². The zero-order valence-corrected chi connectivity index (χ0v) is 17.4. The van der Waals surface area contributed by atoms with Gasteiger partial charge in [0, 0.05) is 23.1 Å². The van der Waals surface area contributed by atoms with E-state index in [0.29, 0.717) is 33.8 Å². The molecule has 0 aromatic heterocycles. The van der Waals surface area contributed by atoms with Crippen LogP contribution in [0.25, 0.3) is 0 Å². The van der Waals surface area contributed by atoms with Gasteiger partial charge in [-0.15, -0.1) is 0 Å². The minimum atomic E-state index is -0.534. The first-order valence-electron chi connectivity index (χ1n) is 8.21. The van der Waals surface area contributed by atoms with Gasteiger partial charge in [0.25, 0.3) is 5.91 Å². The number of ether oxygens (including phenoxy) is 1. The van der Waals surface area contributed by atoms with Gasteiger partial charge in [-0.3, -0.25) is 4.79 Å². The van der Waals surface area contributed by atoms with Gasteiger partial charge in [-0.1, -0.05) is 53.9 Å². The standard InChI is InChI=1S/C19H20Cl3NO2S/c1-2-18(25-15-5-3-4-14(20)11-15)19(24)23-8-9-26-12-13-6-7-16(21)17(22)10-13/h3-7,10-11,18H,2,8-9,12H2,1H3,(H,23,24)/t18-/m1/s1. The maximum atomic E-state index is 12.3. The zero-order chi connectivity index (χ0) is 18.9. The van der Waals surface area contributed by atoms with Gasteiger partial charge < -0.3 is 10.1 Å². The molecule has 0 heterocycles. The molecular formula is C19H20Cl3NO2S. The Hall–Kier alpha value is -1.07. The molecule has 2 aromatic carbocycles. The number of carbonyl (C=O) groups is 1. The second-order valence-electron chi connectivity index (χ2n) is 5.56. The molecule has 7 heteroatoms. The molecule has 0 bridgehead atoms. The molecule has 26 heavy (non-hydrogen) atoms. The Kier molecular flexibility index (Phi) is 8.93. The van der Waals surface area contributed by atoms with Gasteiger partial charge in [0.1, 0.15) is 5.75 Å². The lowest BCUT2D eigenvalue weighted by Crippen LogP contribution is -2.39. The van der Waals surface area contributed by atoms with Crippen LogP contribution in [0.1, 0.15) is 18.9 Å². The summed E-state index contributed by atoms with van der Waals surface area (Å²) in [6.07, 6.45) is 0.0444. The van der Waals surface area contributed by atoms with Crippen molar-refractivity contribution in [1.82, 2.24) is 5.32 Å². The fourth-order valence-corrected chi connectivity index (χ4v) is 3.51. The van der Waals surface area contributed by atoms with Crippen LogP contribution >= 0.6 is 46.6 Å². The van der Waals surface area contributed by atoms with E-state index in [2.05, 4.69) is 5.32 Å². The molecule has 0 unspecified atom stereocenters. The highest BCUT2D eigenvalue weighted by Crippen LogP contribution is 2.24. The van der Waals surface area contributed by atoms with Crippen molar-refractivity contribution in [1.29, 1.82) is 0 Å². The molecule has 1 atom stereocenters. The molecular weight excluding hydrogens is 413 g/mol. The van der Waals surface area contributed by atoms with Gasteiger partial charge in [-0.25, -0.2) is 0 Å². The van der Waals surface area contributed by atoms with Crippen molar-refractivity contribution < 1.29 is 9.53 Å². The van der Waals surface area contributed by atoms with Gasteiger partial charge in [-0.05, 0) is 42.3 Å². The maximum Gasteiger partial charge on any atom is 0.261 e. The van der Waals surface area contributed by atoms with Crippen molar-refractivity contribution in [3.8, 4) is 5.75 Å². The van der Waals surface area contributed by atoms with E-state index in [9.17, 15) is 4.79 Å². The molecule has 2 rings (SSSR count). The highest BCUT2D eigenvalue weighted by Gasteiger charge is 2.17. The topological polar surface area (TPSA) is 38.3 Å². The summed E-state index contributed by atoms with van der Waals surface area (Å²) in [7, 11) is 0. The lowest BCUT2D eigenvalue weighted by Gasteiger charge is -2.17. The van der Waals surface area contributed by atoms with Crippen LogP contribution in [0.15, 0.2) is 42.5 Å². The summed E-state index contributed by atoms with van der Waals surface area (Å²) in [5.74, 6) is 2.07. The molecule has 0 aliphatic heterocycles. The van der Waals surface area contributed by atoms with E-state index >= 15 is 0 Å². The minimum Gasteiger partial charge on any atom is -0.481 e. The van der Waals surface area contributed by atoms with E-state index in [1.54, 1.807) is 42.1 Å². The smallest absolute Gasteiger partial charge is 0.261 e. The molecule has 0 aliphatic carbocycles. The average molecular weight is 433 g/mol. The third-order valence-corrected chi connectivity index (χ3v) is 5.54. The van der Waals surface area contributed by atoms with Gasteiger partial charge >= 0.3 is 0 Å². The Labute approximate surface area is 173 Å². The first-order valence-corrected chi connectivity index (χ1v) is 10.5. The van der Waals surface area contributed by atoms with Crippen LogP contribution in [-0.2, 0) is 10.5 Å². The summed E-state index contributed by atoms with van der Waals surface area (Å²) < 4.78 is 5.73. The van der Waals surface area contributed by atoms with Crippen molar-refractivity contribution in [2.24, 2.45) is 0 Å². The Morgan fingerprint density at radius 3 is 2.65 bits per heavy atom. The number of halogens is 3. The number of hydrogen-bond acceptors (Lipinski definition) is 3. The highest BCUT2D eigenvalue weighted by atomic mass is 35.5. The Balaban J connectivity index is 1.71. The fourth-order valence-electron chi connectivity index (χ4n) is 2.21. The monoisotopic (exact) mass is 431 g/mol. The number of nitrogens with one attached hydrogen (secondary N) is 1. The Morgan fingerprint density at radius 2 is 1.96 bits per heavy atom. The molecule has 3 nitrogen and oxygen atoms in total. The van der Waals surface area contributed by atoms with E-state index in [-0.39, 0.29) is 5.91 Å². The molecule has 2 aromatic rings. The molecule has 0 radical (unpaired) electrons. The van der Waals surface area contributed by atoms with Crippen molar-refractivity contribution in [3.63, 3.8) is 0 Å². The lowest BCUT2D eigenvalue weighted by molar-refractivity contribution is -0.127. The van der Waals surface area contributed by atoms with E-state index in [0.717, 1.165) is 17.1 Å². The van der Waals surface area contributed by atoms with Gasteiger partial charge in [0.05, 0.1) is 10.0 Å². The molecule has 0 spiro atoms. The Bertz CT molecular complexity index is 742. The second kappa shape index (κ2) is 10.9. The second-order valence-corrected chi connectivity index (χ2v) is 7.92. The van der Waals surface area contributed by atoms with Crippen LogP contribution in [-0.4, -0.2) is 24.3 Å². The Morgan fingerprint density at radius 1 is 1.15 bits per heavy atom. The van der Waals surface area contributed by atoms with E-state index in [1.807, 2.05) is 19.1 Å². The van der Waals surface area contributed by atoms with Crippen molar-refractivity contribution in [2.75, 3.05) is 12.3 Å². The van der Waals surface area contributed by atoms with E-state index < -0.39 is 6.10 Å². The first kappa shape index (κ1) is 21.2. The number of thioether (sulfide) groups is 1. The molecule has 0 saturated carbocycles. The molecule has 1 amide bonds. The summed E-state index contributed by atoms with van der Waals surface area (Å²) in [5.41, 5.74) is 1.10. The summed E-state index contributed by atoms with van der Waals surface area (Å²) in [5, 5.41) is 4.60. The molecule has 0 aliphatic rings. The zero-order valence-electron chi connectivity index (χ0n) is 14.3. The predicted octanol–water partition coefficient (Wildman–Crippen LogP) is 5.85. The fraction of sp³-hybridized carbons (Fsp3) is 0.316. The van der Waals surface area contributed by atoms with E-state index in [1.165, 1.54) is 0 Å². The minimum absolute atomic E-state index is 0.123. The van der Waals surface area contributed by atoms with Crippen LogP contribution in [0.2, 0.25) is 15.1 Å². The third-order valence-electron chi connectivity index (χ3n) is 3.54. The molecule has 1 N–H and O–H groups in total. The average Bonchev–Trinajstić information content (AvgIpc) is 2.62. The van der Waals surface area contributed by atoms with Crippen LogP contribution in [0.5, 0.6) is 5.75 Å². The normalized spacial score (nSPS) is 11.8. The summed E-state index contributed by atoms with van der Waals surface area (Å²) in [4.78, 5) is 12.3. The number of carbonyl (C=O) groups excluding carboxylic acids is 1.